The number of piperidine rings is 1. The number of halogens is 1. The molecule has 1 heterocycles. The first-order chi connectivity index (χ1) is 10.2. The Labute approximate surface area is 139 Å². The maximum absolute atomic E-state index is 13.0. The molecule has 2 atom stereocenters. The Hall–Kier alpha value is -1.06. The second-order valence-electron chi connectivity index (χ2n) is 6.66. The second kappa shape index (κ2) is 7.98. The van der Waals surface area contributed by atoms with Gasteiger partial charge >= 0.3 is 0 Å². The molecule has 3 rings (SSSR count). The lowest BCUT2D eigenvalue weighted by molar-refractivity contribution is -0.123. The molecule has 0 spiro atoms. The topological polar surface area (TPSA) is 32.3 Å². The molecule has 1 saturated carbocycles. The van der Waals surface area contributed by atoms with Crippen molar-refractivity contribution in [2.24, 2.45) is 11.8 Å². The van der Waals surface area contributed by atoms with Crippen LogP contribution in [0.3, 0.4) is 0 Å². The molecule has 2 aliphatic rings. The summed E-state index contributed by atoms with van der Waals surface area (Å²) in [5.74, 6) is 1.22. The van der Waals surface area contributed by atoms with Gasteiger partial charge in [-0.1, -0.05) is 24.6 Å². The Morgan fingerprint density at radius 1 is 1.23 bits per heavy atom. The number of nitrogens with zero attached hydrogens (tertiary/aromatic N) is 1. The zero-order valence-corrected chi connectivity index (χ0v) is 14.1. The molecule has 1 aromatic carbocycles. The van der Waals surface area contributed by atoms with E-state index in [-0.39, 0.29) is 18.3 Å². The van der Waals surface area contributed by atoms with E-state index >= 15 is 0 Å². The lowest BCUT2D eigenvalue weighted by atomic mass is 9.84. The Morgan fingerprint density at radius 3 is 2.55 bits per heavy atom. The molecule has 0 aromatic heterocycles. The van der Waals surface area contributed by atoms with Crippen molar-refractivity contribution in [3.8, 4) is 0 Å². The number of para-hydroxylation sites is 1. The molecule has 122 valence electrons. The Kier molecular flexibility index (Phi) is 6.27. The Morgan fingerprint density at radius 2 is 1.95 bits per heavy atom. The van der Waals surface area contributed by atoms with E-state index in [2.05, 4.69) is 29.3 Å². The van der Waals surface area contributed by atoms with Crippen LogP contribution in [-0.2, 0) is 4.79 Å². The lowest BCUT2D eigenvalue weighted by Crippen LogP contribution is -2.46. The maximum atomic E-state index is 13.0. The van der Waals surface area contributed by atoms with Gasteiger partial charge in [-0.15, -0.1) is 12.4 Å². The molecule has 0 radical (unpaired) electrons. The third kappa shape index (κ3) is 4.02. The Bertz CT molecular complexity index is 475. The molecular weight excluding hydrogens is 296 g/mol. The van der Waals surface area contributed by atoms with E-state index in [1.807, 2.05) is 18.2 Å². The summed E-state index contributed by atoms with van der Waals surface area (Å²) in [6.45, 7) is 4.04. The molecule has 1 aromatic rings. The van der Waals surface area contributed by atoms with Crippen molar-refractivity contribution in [2.75, 3.05) is 18.0 Å². The van der Waals surface area contributed by atoms with Gasteiger partial charge in [0.15, 0.2) is 0 Å². The van der Waals surface area contributed by atoms with Crippen molar-refractivity contribution < 1.29 is 4.79 Å². The molecule has 1 saturated heterocycles. The normalized spacial score (nSPS) is 25.0. The second-order valence-corrected chi connectivity index (χ2v) is 6.66. The third-order valence-corrected chi connectivity index (χ3v) is 4.97. The van der Waals surface area contributed by atoms with Crippen LogP contribution in [-0.4, -0.2) is 25.0 Å². The fourth-order valence-corrected chi connectivity index (χ4v) is 3.44. The summed E-state index contributed by atoms with van der Waals surface area (Å²) >= 11 is 0. The van der Waals surface area contributed by atoms with Gasteiger partial charge in [-0.3, -0.25) is 4.79 Å². The first-order valence-corrected chi connectivity index (χ1v) is 8.34. The number of carbonyl (C=O) groups is 1. The zero-order valence-electron chi connectivity index (χ0n) is 13.3. The Balaban J connectivity index is 0.00000176. The van der Waals surface area contributed by atoms with Gasteiger partial charge in [-0.2, -0.15) is 0 Å². The molecule has 1 aliphatic heterocycles. The number of anilines is 1. The summed E-state index contributed by atoms with van der Waals surface area (Å²) in [7, 11) is 0. The minimum Gasteiger partial charge on any atom is -0.314 e. The van der Waals surface area contributed by atoms with Crippen LogP contribution in [0.5, 0.6) is 0 Å². The molecule has 22 heavy (non-hydrogen) atoms. The van der Waals surface area contributed by atoms with Crippen molar-refractivity contribution in [2.45, 2.75) is 45.1 Å². The SMILES string of the molecule is C[C@H]1C[C@@H](C(=O)N(CC2CCC2)c2ccccc2)CCN1.Cl. The van der Waals surface area contributed by atoms with Gasteiger partial charge in [-0.05, 0) is 57.2 Å². The molecule has 1 amide bonds. The van der Waals surface area contributed by atoms with Crippen LogP contribution in [0.25, 0.3) is 0 Å². The largest absolute Gasteiger partial charge is 0.314 e. The number of benzene rings is 1. The summed E-state index contributed by atoms with van der Waals surface area (Å²) in [5.41, 5.74) is 1.07. The van der Waals surface area contributed by atoms with Crippen molar-refractivity contribution >= 4 is 24.0 Å². The van der Waals surface area contributed by atoms with Crippen molar-refractivity contribution in [1.29, 1.82) is 0 Å². The molecule has 2 fully saturated rings. The van der Waals surface area contributed by atoms with Gasteiger partial charge in [0.1, 0.15) is 0 Å². The highest BCUT2D eigenvalue weighted by molar-refractivity contribution is 5.95. The van der Waals surface area contributed by atoms with Crippen LogP contribution >= 0.6 is 12.4 Å². The highest BCUT2D eigenvalue weighted by atomic mass is 35.5. The number of amides is 1. The first-order valence-electron chi connectivity index (χ1n) is 8.34. The minimum atomic E-state index is 0. The summed E-state index contributed by atoms with van der Waals surface area (Å²) in [6, 6.07) is 10.7. The highest BCUT2D eigenvalue weighted by Crippen LogP contribution is 2.31. The van der Waals surface area contributed by atoms with Gasteiger partial charge in [0.2, 0.25) is 5.91 Å². The van der Waals surface area contributed by atoms with Crippen LogP contribution in [0.15, 0.2) is 30.3 Å². The van der Waals surface area contributed by atoms with Crippen molar-refractivity contribution in [1.82, 2.24) is 5.32 Å². The highest BCUT2D eigenvalue weighted by Gasteiger charge is 2.31. The number of nitrogens with one attached hydrogen (secondary N) is 1. The lowest BCUT2D eigenvalue weighted by Gasteiger charge is -2.36. The molecule has 1 N–H and O–H groups in total. The summed E-state index contributed by atoms with van der Waals surface area (Å²) < 4.78 is 0. The minimum absolute atomic E-state index is 0. The number of hydrogen-bond acceptors (Lipinski definition) is 2. The number of hydrogen-bond donors (Lipinski definition) is 1. The van der Waals surface area contributed by atoms with Crippen molar-refractivity contribution in [3.63, 3.8) is 0 Å². The van der Waals surface area contributed by atoms with E-state index < -0.39 is 0 Å². The van der Waals surface area contributed by atoms with Gasteiger partial charge in [-0.25, -0.2) is 0 Å². The fourth-order valence-electron chi connectivity index (χ4n) is 3.44. The monoisotopic (exact) mass is 322 g/mol. The zero-order chi connectivity index (χ0) is 14.7. The molecule has 0 unspecified atom stereocenters. The third-order valence-electron chi connectivity index (χ3n) is 4.97. The molecular formula is C18H27ClN2O. The first kappa shape index (κ1) is 17.3. The molecule has 3 nitrogen and oxygen atoms in total. The molecule has 1 aliphatic carbocycles. The van der Waals surface area contributed by atoms with Gasteiger partial charge in [0.05, 0.1) is 0 Å². The van der Waals surface area contributed by atoms with Crippen LogP contribution in [0.1, 0.15) is 39.0 Å². The van der Waals surface area contributed by atoms with E-state index in [0.29, 0.717) is 17.9 Å². The predicted octanol–water partition coefficient (Wildman–Crippen LogP) is 3.63. The van der Waals surface area contributed by atoms with E-state index in [0.717, 1.165) is 31.6 Å². The van der Waals surface area contributed by atoms with E-state index in [4.69, 9.17) is 0 Å². The summed E-state index contributed by atoms with van der Waals surface area (Å²) in [5, 5.41) is 3.44. The van der Waals surface area contributed by atoms with E-state index in [9.17, 15) is 4.79 Å². The van der Waals surface area contributed by atoms with Crippen molar-refractivity contribution in [3.05, 3.63) is 30.3 Å². The quantitative estimate of drug-likeness (QED) is 0.918. The molecule has 0 bridgehead atoms. The van der Waals surface area contributed by atoms with Gasteiger partial charge < -0.3 is 10.2 Å². The smallest absolute Gasteiger partial charge is 0.230 e. The maximum Gasteiger partial charge on any atom is 0.230 e. The number of rotatable bonds is 4. The van der Waals surface area contributed by atoms with E-state index in [1.54, 1.807) is 0 Å². The predicted molar refractivity (Wildman–Crippen MR) is 93.6 cm³/mol. The van der Waals surface area contributed by atoms with Crippen LogP contribution < -0.4 is 10.2 Å². The molecule has 4 heteroatoms. The number of carbonyl (C=O) groups excluding carboxylic acids is 1. The van der Waals surface area contributed by atoms with Gasteiger partial charge in [0.25, 0.3) is 0 Å². The van der Waals surface area contributed by atoms with Crippen LogP contribution in [0.4, 0.5) is 5.69 Å². The average Bonchev–Trinajstić information content (AvgIpc) is 2.46. The van der Waals surface area contributed by atoms with E-state index in [1.165, 1.54) is 19.3 Å². The van der Waals surface area contributed by atoms with Crippen LogP contribution in [0, 0.1) is 11.8 Å². The fraction of sp³-hybridized carbons (Fsp3) is 0.611. The van der Waals surface area contributed by atoms with Gasteiger partial charge in [0, 0.05) is 24.2 Å². The van der Waals surface area contributed by atoms with Crippen LogP contribution in [0.2, 0.25) is 0 Å². The average molecular weight is 323 g/mol. The summed E-state index contributed by atoms with van der Waals surface area (Å²) in [4.78, 5) is 15.1. The summed E-state index contributed by atoms with van der Waals surface area (Å²) in [6.07, 6.45) is 5.81. The standard InChI is InChI=1S/C18H26N2O.ClH/c1-14-12-16(10-11-19-14)18(21)20(13-15-6-5-7-15)17-8-3-2-4-9-17;/h2-4,8-9,14-16,19H,5-7,10-13H2,1H3;1H/t14-,16-;/m0./s1.